The van der Waals surface area contributed by atoms with E-state index in [0.29, 0.717) is 0 Å². The predicted octanol–water partition coefficient (Wildman–Crippen LogP) is 4.41. The van der Waals surface area contributed by atoms with Crippen molar-refractivity contribution in [3.8, 4) is 22.5 Å². The standard InChI is InChI=1S/C20H19N3/c1-3-9-16(10-4-1)19-20(17-11-5-2-6-12-17)22-18(15-21-19)23-13-7-8-14-23/h1-6,9-12,15H,7-8,13-14H2. The van der Waals surface area contributed by atoms with Gasteiger partial charge in [0, 0.05) is 24.2 Å². The third-order valence-corrected chi connectivity index (χ3v) is 4.28. The molecule has 1 saturated heterocycles. The van der Waals surface area contributed by atoms with E-state index in [1.807, 2.05) is 42.6 Å². The van der Waals surface area contributed by atoms with Gasteiger partial charge in [-0.1, -0.05) is 60.7 Å². The average molecular weight is 301 g/mol. The number of hydrogen-bond donors (Lipinski definition) is 0. The Hall–Kier alpha value is -2.68. The van der Waals surface area contributed by atoms with E-state index in [4.69, 9.17) is 9.97 Å². The van der Waals surface area contributed by atoms with E-state index < -0.39 is 0 Å². The molecule has 1 aliphatic rings. The third-order valence-electron chi connectivity index (χ3n) is 4.28. The average Bonchev–Trinajstić information content (AvgIpc) is 3.17. The van der Waals surface area contributed by atoms with Crippen molar-refractivity contribution in [3.63, 3.8) is 0 Å². The molecule has 1 aliphatic heterocycles. The fourth-order valence-electron chi connectivity index (χ4n) is 3.08. The zero-order chi connectivity index (χ0) is 15.5. The van der Waals surface area contributed by atoms with E-state index in [-0.39, 0.29) is 0 Å². The van der Waals surface area contributed by atoms with Gasteiger partial charge in [-0.3, -0.25) is 4.98 Å². The second kappa shape index (κ2) is 6.21. The minimum absolute atomic E-state index is 0.944. The number of benzene rings is 2. The van der Waals surface area contributed by atoms with Crippen LogP contribution in [-0.4, -0.2) is 23.1 Å². The molecule has 0 amide bonds. The second-order valence-corrected chi connectivity index (χ2v) is 5.85. The highest BCUT2D eigenvalue weighted by atomic mass is 15.2. The lowest BCUT2D eigenvalue weighted by Crippen LogP contribution is -2.19. The summed E-state index contributed by atoms with van der Waals surface area (Å²) in [7, 11) is 0. The van der Waals surface area contributed by atoms with Gasteiger partial charge in [-0.2, -0.15) is 0 Å². The molecule has 1 fully saturated rings. The van der Waals surface area contributed by atoms with E-state index >= 15 is 0 Å². The lowest BCUT2D eigenvalue weighted by atomic mass is 10.0. The maximum atomic E-state index is 4.96. The highest BCUT2D eigenvalue weighted by molar-refractivity contribution is 5.78. The van der Waals surface area contributed by atoms with Crippen LogP contribution in [0.15, 0.2) is 66.9 Å². The Morgan fingerprint density at radius 1 is 0.696 bits per heavy atom. The van der Waals surface area contributed by atoms with E-state index in [1.165, 1.54) is 12.8 Å². The Kier molecular flexibility index (Phi) is 3.76. The molecule has 0 atom stereocenters. The normalized spacial score (nSPS) is 14.2. The molecule has 0 unspecified atom stereocenters. The van der Waals surface area contributed by atoms with Crippen molar-refractivity contribution >= 4 is 5.82 Å². The Morgan fingerprint density at radius 2 is 1.26 bits per heavy atom. The summed E-state index contributed by atoms with van der Waals surface area (Å²) in [5, 5.41) is 0. The van der Waals surface area contributed by atoms with Crippen molar-refractivity contribution in [2.75, 3.05) is 18.0 Å². The van der Waals surface area contributed by atoms with E-state index in [1.54, 1.807) is 0 Å². The summed E-state index contributed by atoms with van der Waals surface area (Å²) in [4.78, 5) is 12.1. The monoisotopic (exact) mass is 301 g/mol. The molecule has 0 N–H and O–H groups in total. The van der Waals surface area contributed by atoms with Crippen molar-refractivity contribution in [1.82, 2.24) is 9.97 Å². The third kappa shape index (κ3) is 2.82. The second-order valence-electron chi connectivity index (χ2n) is 5.85. The van der Waals surface area contributed by atoms with Gasteiger partial charge in [0.25, 0.3) is 0 Å². The first kappa shape index (κ1) is 13.9. The maximum absolute atomic E-state index is 4.96. The number of anilines is 1. The Bertz CT molecular complexity index is 778. The molecule has 4 rings (SSSR count). The van der Waals surface area contributed by atoms with Gasteiger partial charge in [-0.15, -0.1) is 0 Å². The van der Waals surface area contributed by atoms with Crippen molar-refractivity contribution in [2.45, 2.75) is 12.8 Å². The highest BCUT2D eigenvalue weighted by Crippen LogP contribution is 2.31. The fourth-order valence-corrected chi connectivity index (χ4v) is 3.08. The molecule has 23 heavy (non-hydrogen) atoms. The zero-order valence-electron chi connectivity index (χ0n) is 13.0. The summed E-state index contributed by atoms with van der Waals surface area (Å²) in [6.07, 6.45) is 4.39. The van der Waals surface area contributed by atoms with Crippen LogP contribution in [0, 0.1) is 0 Å². The first-order valence-electron chi connectivity index (χ1n) is 8.15. The summed E-state index contributed by atoms with van der Waals surface area (Å²) >= 11 is 0. The quantitative estimate of drug-likeness (QED) is 0.717. The van der Waals surface area contributed by atoms with Crippen molar-refractivity contribution < 1.29 is 0 Å². The van der Waals surface area contributed by atoms with Gasteiger partial charge in [0.2, 0.25) is 0 Å². The summed E-state index contributed by atoms with van der Waals surface area (Å²) in [6.45, 7) is 2.15. The molecule has 3 nitrogen and oxygen atoms in total. The minimum Gasteiger partial charge on any atom is -0.355 e. The van der Waals surface area contributed by atoms with Gasteiger partial charge in [-0.05, 0) is 12.8 Å². The first-order chi connectivity index (χ1) is 11.4. The molecule has 0 radical (unpaired) electrons. The molecule has 0 saturated carbocycles. The van der Waals surface area contributed by atoms with Crippen LogP contribution in [0.4, 0.5) is 5.82 Å². The number of aromatic nitrogens is 2. The molecule has 3 heteroatoms. The SMILES string of the molecule is c1ccc(-c2ncc(N3CCCC3)nc2-c2ccccc2)cc1. The Labute approximate surface area is 136 Å². The van der Waals surface area contributed by atoms with Gasteiger partial charge in [0.15, 0.2) is 0 Å². The molecule has 3 aromatic rings. The largest absolute Gasteiger partial charge is 0.355 e. The number of hydrogen-bond acceptors (Lipinski definition) is 3. The number of rotatable bonds is 3. The van der Waals surface area contributed by atoms with E-state index in [9.17, 15) is 0 Å². The van der Waals surface area contributed by atoms with Crippen LogP contribution in [0.1, 0.15) is 12.8 Å². The summed E-state index contributed by atoms with van der Waals surface area (Å²) in [5.74, 6) is 0.987. The van der Waals surface area contributed by atoms with Gasteiger partial charge in [0.1, 0.15) is 5.82 Å². The molecular formula is C20H19N3. The van der Waals surface area contributed by atoms with Crippen LogP contribution in [0.5, 0.6) is 0 Å². The number of nitrogens with zero attached hydrogens (tertiary/aromatic N) is 3. The molecular weight excluding hydrogens is 282 g/mol. The van der Waals surface area contributed by atoms with E-state index in [0.717, 1.165) is 41.4 Å². The molecule has 2 heterocycles. The lowest BCUT2D eigenvalue weighted by Gasteiger charge is -2.18. The molecule has 2 aromatic carbocycles. The minimum atomic E-state index is 0.944. The van der Waals surface area contributed by atoms with Crippen LogP contribution >= 0.6 is 0 Å². The van der Waals surface area contributed by atoms with Crippen LogP contribution in [-0.2, 0) is 0 Å². The van der Waals surface area contributed by atoms with Crippen molar-refractivity contribution in [1.29, 1.82) is 0 Å². The van der Waals surface area contributed by atoms with Gasteiger partial charge in [0.05, 0.1) is 17.6 Å². The van der Waals surface area contributed by atoms with Gasteiger partial charge >= 0.3 is 0 Å². The van der Waals surface area contributed by atoms with Crippen LogP contribution in [0.3, 0.4) is 0 Å². The highest BCUT2D eigenvalue weighted by Gasteiger charge is 2.17. The Morgan fingerprint density at radius 3 is 1.87 bits per heavy atom. The maximum Gasteiger partial charge on any atom is 0.147 e. The zero-order valence-corrected chi connectivity index (χ0v) is 13.0. The van der Waals surface area contributed by atoms with Crippen LogP contribution < -0.4 is 4.90 Å². The predicted molar refractivity (Wildman–Crippen MR) is 94.4 cm³/mol. The Balaban J connectivity index is 1.85. The first-order valence-corrected chi connectivity index (χ1v) is 8.15. The van der Waals surface area contributed by atoms with Crippen LogP contribution in [0.25, 0.3) is 22.5 Å². The molecule has 1 aromatic heterocycles. The lowest BCUT2D eigenvalue weighted by molar-refractivity contribution is 0.929. The summed E-state index contributed by atoms with van der Waals surface area (Å²) < 4.78 is 0. The summed E-state index contributed by atoms with van der Waals surface area (Å²) in [5.41, 5.74) is 4.12. The smallest absolute Gasteiger partial charge is 0.147 e. The van der Waals surface area contributed by atoms with Crippen LogP contribution in [0.2, 0.25) is 0 Å². The van der Waals surface area contributed by atoms with Gasteiger partial charge in [-0.25, -0.2) is 4.98 Å². The van der Waals surface area contributed by atoms with Crippen molar-refractivity contribution in [2.24, 2.45) is 0 Å². The molecule has 0 aliphatic carbocycles. The van der Waals surface area contributed by atoms with Crippen molar-refractivity contribution in [3.05, 3.63) is 66.9 Å². The molecule has 0 spiro atoms. The van der Waals surface area contributed by atoms with E-state index in [2.05, 4.69) is 29.2 Å². The molecule has 114 valence electrons. The molecule has 0 bridgehead atoms. The van der Waals surface area contributed by atoms with Gasteiger partial charge < -0.3 is 4.90 Å². The summed E-state index contributed by atoms with van der Waals surface area (Å²) in [6, 6.07) is 20.6. The topological polar surface area (TPSA) is 29.0 Å². The fraction of sp³-hybridized carbons (Fsp3) is 0.200.